The molecule has 1 spiro atoms. The molecule has 1 N–H and O–H groups in total. The van der Waals surface area contributed by atoms with Crippen molar-refractivity contribution in [1.82, 2.24) is 14.7 Å². The van der Waals surface area contributed by atoms with Gasteiger partial charge in [0.05, 0.1) is 11.6 Å². The highest BCUT2D eigenvalue weighted by molar-refractivity contribution is 5.92. The van der Waals surface area contributed by atoms with E-state index in [-0.39, 0.29) is 17.2 Å². The number of hydrogen-bond acceptors (Lipinski definition) is 3. The predicted octanol–water partition coefficient (Wildman–Crippen LogP) is 1.54. The molecule has 0 aromatic carbocycles. The minimum Gasteiger partial charge on any atom is -0.481 e. The lowest BCUT2D eigenvalue weighted by atomic mass is 9.90. The maximum absolute atomic E-state index is 12.6. The van der Waals surface area contributed by atoms with E-state index >= 15 is 0 Å². The van der Waals surface area contributed by atoms with Crippen molar-refractivity contribution in [2.24, 2.45) is 11.3 Å². The quantitative estimate of drug-likeness (QED) is 0.916. The van der Waals surface area contributed by atoms with E-state index in [1.165, 1.54) is 0 Å². The monoisotopic (exact) mass is 291 g/mol. The molecule has 1 amide bonds. The maximum Gasteiger partial charge on any atom is 0.307 e. The zero-order chi connectivity index (χ0) is 15.2. The first-order valence-corrected chi connectivity index (χ1v) is 7.53. The van der Waals surface area contributed by atoms with Gasteiger partial charge in [-0.3, -0.25) is 14.3 Å². The molecule has 6 nitrogen and oxygen atoms in total. The van der Waals surface area contributed by atoms with E-state index in [9.17, 15) is 9.59 Å². The highest BCUT2D eigenvalue weighted by atomic mass is 16.4. The number of aliphatic carboxylic acids is 1. The molecular weight excluding hydrogens is 270 g/mol. The van der Waals surface area contributed by atoms with Crippen molar-refractivity contribution in [3.63, 3.8) is 0 Å². The van der Waals surface area contributed by atoms with Crippen LogP contribution in [-0.4, -0.2) is 44.8 Å². The molecule has 2 heterocycles. The lowest BCUT2D eigenvalue weighted by Crippen LogP contribution is -2.40. The summed E-state index contributed by atoms with van der Waals surface area (Å²) in [5.41, 5.74) is 1.45. The van der Waals surface area contributed by atoms with Gasteiger partial charge in [0.2, 0.25) is 0 Å². The van der Waals surface area contributed by atoms with Crippen molar-refractivity contribution >= 4 is 11.9 Å². The van der Waals surface area contributed by atoms with E-state index < -0.39 is 5.97 Å². The van der Waals surface area contributed by atoms with Gasteiger partial charge >= 0.3 is 5.97 Å². The number of carboxylic acids is 1. The molecule has 0 radical (unpaired) electrons. The molecule has 1 unspecified atom stereocenters. The fraction of sp³-hybridized carbons (Fsp3) is 0.667. The summed E-state index contributed by atoms with van der Waals surface area (Å²) in [6, 6.07) is 1.83. The number of carbonyl (C=O) groups excluding carboxylic acids is 1. The van der Waals surface area contributed by atoms with Gasteiger partial charge in [0.25, 0.3) is 5.91 Å². The summed E-state index contributed by atoms with van der Waals surface area (Å²) in [7, 11) is 0. The highest BCUT2D eigenvalue weighted by Gasteiger charge is 2.59. The molecule has 1 saturated heterocycles. The van der Waals surface area contributed by atoms with Crippen molar-refractivity contribution in [1.29, 1.82) is 0 Å². The fourth-order valence-corrected chi connectivity index (χ4v) is 3.53. The third-order valence-corrected chi connectivity index (χ3v) is 4.96. The van der Waals surface area contributed by atoms with Crippen LogP contribution in [0.3, 0.4) is 0 Å². The van der Waals surface area contributed by atoms with Crippen molar-refractivity contribution in [2.75, 3.05) is 13.1 Å². The van der Waals surface area contributed by atoms with Crippen LogP contribution in [0.1, 0.15) is 42.4 Å². The van der Waals surface area contributed by atoms with E-state index in [1.54, 1.807) is 4.68 Å². The molecule has 1 atom stereocenters. The van der Waals surface area contributed by atoms with Crippen molar-refractivity contribution in [3.8, 4) is 0 Å². The van der Waals surface area contributed by atoms with Gasteiger partial charge in [-0.2, -0.15) is 5.10 Å². The Kier molecular flexibility index (Phi) is 3.26. The summed E-state index contributed by atoms with van der Waals surface area (Å²) in [5, 5.41) is 13.4. The third-order valence-electron chi connectivity index (χ3n) is 4.96. The number of rotatable bonds is 3. The first-order valence-electron chi connectivity index (χ1n) is 7.53. The maximum atomic E-state index is 12.6. The molecule has 1 saturated carbocycles. The number of hydrogen-bond donors (Lipinski definition) is 1. The molecule has 1 aliphatic carbocycles. The smallest absolute Gasteiger partial charge is 0.307 e. The van der Waals surface area contributed by atoms with Gasteiger partial charge < -0.3 is 10.0 Å². The normalized spacial score (nSPS) is 23.3. The van der Waals surface area contributed by atoms with E-state index in [0.29, 0.717) is 25.3 Å². The summed E-state index contributed by atoms with van der Waals surface area (Å²) in [4.78, 5) is 25.5. The second kappa shape index (κ2) is 4.86. The van der Waals surface area contributed by atoms with Gasteiger partial charge in [0.15, 0.2) is 0 Å². The average molecular weight is 291 g/mol. The highest BCUT2D eigenvalue weighted by Crippen LogP contribution is 2.59. The molecule has 114 valence electrons. The number of piperidine rings is 1. The van der Waals surface area contributed by atoms with Crippen molar-refractivity contribution in [2.45, 2.75) is 39.7 Å². The Morgan fingerprint density at radius 2 is 2.10 bits per heavy atom. The Morgan fingerprint density at radius 1 is 1.43 bits per heavy atom. The summed E-state index contributed by atoms with van der Waals surface area (Å²) in [6.07, 6.45) is 2.38. The number of aromatic nitrogens is 2. The second-order valence-corrected chi connectivity index (χ2v) is 6.24. The van der Waals surface area contributed by atoms with Crippen LogP contribution in [0.2, 0.25) is 0 Å². The van der Waals surface area contributed by atoms with E-state index in [4.69, 9.17) is 5.11 Å². The third kappa shape index (κ3) is 2.32. The average Bonchev–Trinajstić information content (AvgIpc) is 3.03. The van der Waals surface area contributed by atoms with Gasteiger partial charge in [0, 0.05) is 19.6 Å². The van der Waals surface area contributed by atoms with Gasteiger partial charge in [-0.25, -0.2) is 0 Å². The Hall–Kier alpha value is -1.85. The second-order valence-electron chi connectivity index (χ2n) is 6.24. The number of likely N-dealkylation sites (tertiary alicyclic amines) is 1. The van der Waals surface area contributed by atoms with Gasteiger partial charge in [-0.15, -0.1) is 0 Å². The first-order chi connectivity index (χ1) is 9.97. The number of carboxylic acid groups (broad SMARTS) is 1. The Balaban J connectivity index is 1.67. The topological polar surface area (TPSA) is 75.4 Å². The standard InChI is InChI=1S/C15H21N3O3/c1-3-18-12(8-10(2)16-18)13(19)17-6-4-15(5-7-17)9-11(15)14(20)21/h8,11H,3-7,9H2,1-2H3,(H,20,21). The van der Waals surface area contributed by atoms with E-state index in [0.717, 1.165) is 25.0 Å². The molecule has 6 heteroatoms. The zero-order valence-corrected chi connectivity index (χ0v) is 12.5. The van der Waals surface area contributed by atoms with Gasteiger partial charge in [-0.05, 0) is 44.6 Å². The van der Waals surface area contributed by atoms with Crippen LogP contribution in [-0.2, 0) is 11.3 Å². The van der Waals surface area contributed by atoms with Crippen LogP contribution in [0.4, 0.5) is 0 Å². The molecule has 1 aromatic heterocycles. The van der Waals surface area contributed by atoms with Crippen molar-refractivity contribution < 1.29 is 14.7 Å². The van der Waals surface area contributed by atoms with Gasteiger partial charge in [0.1, 0.15) is 5.69 Å². The van der Waals surface area contributed by atoms with Gasteiger partial charge in [-0.1, -0.05) is 0 Å². The first kappa shape index (κ1) is 14.1. The summed E-state index contributed by atoms with van der Waals surface area (Å²) < 4.78 is 1.74. The molecule has 2 aliphatic rings. The van der Waals surface area contributed by atoms with Crippen LogP contribution in [0, 0.1) is 18.3 Å². The van der Waals surface area contributed by atoms with Crippen LogP contribution in [0.15, 0.2) is 6.07 Å². The summed E-state index contributed by atoms with van der Waals surface area (Å²) >= 11 is 0. The number of amides is 1. The number of nitrogens with zero attached hydrogens (tertiary/aromatic N) is 3. The Bertz CT molecular complexity index is 585. The molecule has 1 aromatic rings. The predicted molar refractivity (Wildman–Crippen MR) is 76.0 cm³/mol. The van der Waals surface area contributed by atoms with E-state index in [2.05, 4.69) is 5.10 Å². The molecular formula is C15H21N3O3. The zero-order valence-electron chi connectivity index (χ0n) is 12.5. The minimum absolute atomic E-state index is 0.0137. The van der Waals surface area contributed by atoms with E-state index in [1.807, 2.05) is 24.8 Å². The number of carbonyl (C=O) groups is 2. The summed E-state index contributed by atoms with van der Waals surface area (Å²) in [6.45, 7) is 5.83. The number of aryl methyl sites for hydroxylation is 2. The molecule has 1 aliphatic heterocycles. The molecule has 21 heavy (non-hydrogen) atoms. The van der Waals surface area contributed by atoms with Crippen LogP contribution < -0.4 is 0 Å². The largest absolute Gasteiger partial charge is 0.481 e. The van der Waals surface area contributed by atoms with Crippen LogP contribution in [0.25, 0.3) is 0 Å². The fourth-order valence-electron chi connectivity index (χ4n) is 3.53. The Labute approximate surface area is 123 Å². The van der Waals surface area contributed by atoms with Crippen LogP contribution >= 0.6 is 0 Å². The Morgan fingerprint density at radius 3 is 2.62 bits per heavy atom. The lowest BCUT2D eigenvalue weighted by molar-refractivity contribution is -0.139. The molecule has 2 fully saturated rings. The summed E-state index contributed by atoms with van der Waals surface area (Å²) in [5.74, 6) is -0.868. The minimum atomic E-state index is -0.686. The SMILES string of the molecule is CCn1nc(C)cc1C(=O)N1CCC2(CC1)CC2C(=O)O. The molecule has 3 rings (SSSR count). The molecule has 0 bridgehead atoms. The lowest BCUT2D eigenvalue weighted by Gasteiger charge is -2.32. The van der Waals surface area contributed by atoms with Crippen molar-refractivity contribution in [3.05, 3.63) is 17.5 Å². The van der Waals surface area contributed by atoms with Crippen LogP contribution in [0.5, 0.6) is 0 Å².